The fraction of sp³-hybridized carbons (Fsp3) is 0.462. The molecule has 0 fully saturated rings. The number of halogens is 4. The fourth-order valence-electron chi connectivity index (χ4n) is 3.75. The Hall–Kier alpha value is -3.54. The summed E-state index contributed by atoms with van der Waals surface area (Å²) in [6.45, 7) is 3.87. The number of nitrogens with one attached hydrogen (secondary N) is 4. The molecule has 2 aromatic rings. The average molecular weight is 703 g/mol. The summed E-state index contributed by atoms with van der Waals surface area (Å²) in [5.74, 6) is -1.66. The Kier molecular flexibility index (Phi) is 23.0. The summed E-state index contributed by atoms with van der Waals surface area (Å²) in [4.78, 5) is 45.3. The molecule has 0 saturated carbocycles. The standard InChI is InChI=1S/C26H36FN7O8.3ClH/c1-41-25(35)20-15-21(27)23(31-13-5-12-30-10-3-2-9-29-11-4-8-28)16-22(20)32-26(36)42-17-18-6-7-19(33(37)38)14-24(18)34(39)40;;;/h6-7,14-16,29-31H,2-5,8-13,17,28H2,1H3,(H,32,36);3*1H. The highest BCUT2D eigenvalue weighted by Gasteiger charge is 2.22. The monoisotopic (exact) mass is 701 g/mol. The Balaban J connectivity index is 0. The van der Waals surface area contributed by atoms with Crippen molar-refractivity contribution in [2.45, 2.75) is 32.3 Å². The number of benzene rings is 2. The molecule has 0 bridgehead atoms. The molecule has 0 atom stereocenters. The lowest BCUT2D eigenvalue weighted by Gasteiger charge is -2.14. The van der Waals surface area contributed by atoms with E-state index < -0.39 is 45.7 Å². The highest BCUT2D eigenvalue weighted by atomic mass is 35.5. The van der Waals surface area contributed by atoms with Crippen LogP contribution in [0.3, 0.4) is 0 Å². The molecule has 0 heterocycles. The van der Waals surface area contributed by atoms with Gasteiger partial charge < -0.3 is 31.2 Å². The van der Waals surface area contributed by atoms with Gasteiger partial charge in [0.25, 0.3) is 11.4 Å². The van der Waals surface area contributed by atoms with E-state index in [1.807, 2.05) is 0 Å². The Labute approximate surface area is 278 Å². The van der Waals surface area contributed by atoms with E-state index >= 15 is 0 Å². The first-order chi connectivity index (χ1) is 20.2. The van der Waals surface area contributed by atoms with Gasteiger partial charge in [0.15, 0.2) is 0 Å². The lowest BCUT2D eigenvalue weighted by Crippen LogP contribution is -2.22. The molecule has 6 N–H and O–H groups in total. The number of esters is 1. The number of hydrogen-bond acceptors (Lipinski definition) is 12. The highest BCUT2D eigenvalue weighted by Crippen LogP contribution is 2.27. The van der Waals surface area contributed by atoms with Crippen LogP contribution in [0.4, 0.5) is 31.9 Å². The van der Waals surface area contributed by atoms with Gasteiger partial charge in [-0.3, -0.25) is 25.5 Å². The van der Waals surface area contributed by atoms with Crippen LogP contribution in [0, 0.1) is 26.0 Å². The zero-order valence-corrected chi connectivity index (χ0v) is 27.0. The first-order valence-corrected chi connectivity index (χ1v) is 13.3. The Morgan fingerprint density at radius 1 is 0.867 bits per heavy atom. The Morgan fingerprint density at radius 2 is 1.49 bits per heavy atom. The lowest BCUT2D eigenvalue weighted by molar-refractivity contribution is -0.394. The van der Waals surface area contributed by atoms with E-state index in [1.165, 1.54) is 6.07 Å². The number of non-ortho nitro benzene ring substituents is 1. The smallest absolute Gasteiger partial charge is 0.411 e. The maximum atomic E-state index is 14.7. The average Bonchev–Trinajstić information content (AvgIpc) is 2.97. The number of rotatable bonds is 19. The van der Waals surface area contributed by atoms with Crippen molar-refractivity contribution in [2.75, 3.05) is 57.0 Å². The van der Waals surface area contributed by atoms with Crippen molar-refractivity contribution < 1.29 is 33.3 Å². The fourth-order valence-corrected chi connectivity index (χ4v) is 3.75. The summed E-state index contributed by atoms with van der Waals surface area (Å²) in [5.41, 5.74) is 3.87. The van der Waals surface area contributed by atoms with Crippen molar-refractivity contribution in [3.05, 3.63) is 67.5 Å². The first kappa shape index (κ1) is 43.6. The molecule has 0 radical (unpaired) electrons. The quantitative estimate of drug-likeness (QED) is 0.0590. The van der Waals surface area contributed by atoms with Gasteiger partial charge in [0.05, 0.1) is 45.5 Å². The van der Waals surface area contributed by atoms with Crippen molar-refractivity contribution in [1.29, 1.82) is 0 Å². The molecular formula is C26H39Cl3FN7O8. The molecule has 0 aromatic heterocycles. The van der Waals surface area contributed by atoms with Gasteiger partial charge in [-0.05, 0) is 76.6 Å². The molecule has 1 amide bonds. The second-order valence-electron chi connectivity index (χ2n) is 9.03. The SMILES string of the molecule is COC(=O)c1cc(F)c(NCCCNCCCCNCCCN)cc1NC(=O)OCc1ccc([N+](=O)[O-])cc1[N+](=O)[O-].Cl.Cl.Cl. The summed E-state index contributed by atoms with van der Waals surface area (Å²) in [7, 11) is 1.09. The molecule has 0 spiro atoms. The van der Waals surface area contributed by atoms with Gasteiger partial charge in [0, 0.05) is 12.6 Å². The van der Waals surface area contributed by atoms with Crippen molar-refractivity contribution in [1.82, 2.24) is 10.6 Å². The third kappa shape index (κ3) is 15.3. The van der Waals surface area contributed by atoms with Crippen LogP contribution in [0.5, 0.6) is 0 Å². The maximum absolute atomic E-state index is 14.7. The van der Waals surface area contributed by atoms with E-state index in [4.69, 9.17) is 10.5 Å². The molecule has 0 aliphatic carbocycles. The van der Waals surface area contributed by atoms with Gasteiger partial charge >= 0.3 is 12.1 Å². The van der Waals surface area contributed by atoms with Crippen LogP contribution < -0.4 is 27.0 Å². The molecule has 19 heteroatoms. The van der Waals surface area contributed by atoms with Gasteiger partial charge in [0.1, 0.15) is 12.4 Å². The number of hydrogen-bond donors (Lipinski definition) is 5. The predicted molar refractivity (Wildman–Crippen MR) is 175 cm³/mol. The Bertz CT molecular complexity index is 1250. The van der Waals surface area contributed by atoms with Crippen molar-refractivity contribution in [3.8, 4) is 0 Å². The van der Waals surface area contributed by atoms with Gasteiger partial charge in [0.2, 0.25) is 0 Å². The third-order valence-electron chi connectivity index (χ3n) is 5.94. The summed E-state index contributed by atoms with van der Waals surface area (Å²) >= 11 is 0. The van der Waals surface area contributed by atoms with Crippen LogP contribution in [-0.2, 0) is 16.1 Å². The van der Waals surface area contributed by atoms with Gasteiger partial charge in [-0.15, -0.1) is 37.2 Å². The van der Waals surface area contributed by atoms with Crippen LogP contribution >= 0.6 is 37.2 Å². The summed E-state index contributed by atoms with van der Waals surface area (Å²) < 4.78 is 24.4. The van der Waals surface area contributed by atoms with E-state index in [2.05, 4.69) is 26.0 Å². The van der Waals surface area contributed by atoms with Crippen molar-refractivity contribution in [2.24, 2.45) is 5.73 Å². The number of nitrogens with zero attached hydrogens (tertiary/aromatic N) is 2. The number of ether oxygens (including phenoxy) is 2. The number of nitro benzene ring substituents is 2. The number of carbonyl (C=O) groups excluding carboxylic acids is 2. The molecule has 0 unspecified atom stereocenters. The predicted octanol–water partition coefficient (Wildman–Crippen LogP) is 4.55. The number of nitro groups is 2. The Morgan fingerprint density at radius 3 is 2.07 bits per heavy atom. The van der Waals surface area contributed by atoms with E-state index in [0.717, 1.165) is 70.3 Å². The second-order valence-corrected chi connectivity index (χ2v) is 9.03. The maximum Gasteiger partial charge on any atom is 0.411 e. The summed E-state index contributed by atoms with van der Waals surface area (Å²) in [6, 6.07) is 5.01. The normalized spacial score (nSPS) is 9.93. The van der Waals surface area contributed by atoms with Crippen LogP contribution in [0.1, 0.15) is 41.6 Å². The van der Waals surface area contributed by atoms with Gasteiger partial charge in [-0.25, -0.2) is 14.0 Å². The number of anilines is 2. The van der Waals surface area contributed by atoms with E-state index in [-0.39, 0.29) is 59.7 Å². The zero-order chi connectivity index (χ0) is 30.9. The number of carbonyl (C=O) groups is 2. The minimum atomic E-state index is -1.11. The molecule has 0 aliphatic heterocycles. The lowest BCUT2D eigenvalue weighted by atomic mass is 10.1. The highest BCUT2D eigenvalue weighted by molar-refractivity contribution is 6.00. The minimum absolute atomic E-state index is 0. The summed E-state index contributed by atoms with van der Waals surface area (Å²) in [5, 5.41) is 34.1. The molecule has 2 aromatic carbocycles. The van der Waals surface area contributed by atoms with Gasteiger partial charge in [-0.1, -0.05) is 0 Å². The van der Waals surface area contributed by atoms with Crippen molar-refractivity contribution in [3.63, 3.8) is 0 Å². The second kappa shape index (κ2) is 23.8. The zero-order valence-electron chi connectivity index (χ0n) is 24.5. The van der Waals surface area contributed by atoms with Crippen LogP contribution in [-0.4, -0.2) is 68.3 Å². The van der Waals surface area contributed by atoms with E-state index in [0.29, 0.717) is 26.1 Å². The van der Waals surface area contributed by atoms with Crippen LogP contribution in [0.25, 0.3) is 0 Å². The number of unbranched alkanes of at least 4 members (excludes halogenated alkanes) is 1. The molecule has 254 valence electrons. The molecule has 15 nitrogen and oxygen atoms in total. The first-order valence-electron chi connectivity index (χ1n) is 13.3. The van der Waals surface area contributed by atoms with Gasteiger partial charge in [-0.2, -0.15) is 0 Å². The third-order valence-corrected chi connectivity index (χ3v) is 5.94. The molecule has 0 aliphatic rings. The minimum Gasteiger partial charge on any atom is -0.465 e. The molecular weight excluding hydrogens is 664 g/mol. The van der Waals surface area contributed by atoms with Crippen LogP contribution in [0.2, 0.25) is 0 Å². The van der Waals surface area contributed by atoms with E-state index in [1.54, 1.807) is 0 Å². The molecule has 2 rings (SSSR count). The van der Waals surface area contributed by atoms with E-state index in [9.17, 15) is 34.2 Å². The topological polar surface area (TPSA) is 213 Å². The largest absolute Gasteiger partial charge is 0.465 e. The summed E-state index contributed by atoms with van der Waals surface area (Å²) in [6.07, 6.45) is 2.57. The van der Waals surface area contributed by atoms with Crippen molar-refractivity contribution >= 4 is 72.0 Å². The molecule has 0 saturated heterocycles. The number of methoxy groups -OCH3 is 1. The number of amides is 1. The molecule has 45 heavy (non-hydrogen) atoms. The van der Waals surface area contributed by atoms with Crippen LogP contribution in [0.15, 0.2) is 30.3 Å². The number of nitrogens with two attached hydrogens (primary N) is 1.